The molecule has 1 fully saturated rings. The van der Waals surface area contributed by atoms with Gasteiger partial charge in [-0.15, -0.1) is 0 Å². The van der Waals surface area contributed by atoms with Crippen molar-refractivity contribution in [3.63, 3.8) is 0 Å². The number of hydrogen-bond acceptors (Lipinski definition) is 0. The number of aryl methyl sites for hydroxylation is 4. The van der Waals surface area contributed by atoms with Gasteiger partial charge >= 0.3 is 0 Å². The molecule has 0 saturated heterocycles. The first kappa shape index (κ1) is 22.2. The lowest BCUT2D eigenvalue weighted by atomic mass is 9.84. The number of fused-ring (bicyclic) bond motifs is 1. The standard InChI is InChI=1S/C12H12.C8H16.C8H10/c1-9-3-5-12-8-10(2)4-6-11(12)7-9;2*1-7-3-5-8(2)6-4-7/h3-8H,1-2H3;7-8H,3-6H2,1-2H3;3-6H,1-2H3. The van der Waals surface area contributed by atoms with Gasteiger partial charge in [0.15, 0.2) is 0 Å². The minimum atomic E-state index is 1.02. The van der Waals surface area contributed by atoms with Gasteiger partial charge in [-0.05, 0) is 50.3 Å². The van der Waals surface area contributed by atoms with E-state index in [0.29, 0.717) is 0 Å². The van der Waals surface area contributed by atoms with Gasteiger partial charge in [0.05, 0.1) is 0 Å². The van der Waals surface area contributed by atoms with Crippen LogP contribution in [0.4, 0.5) is 0 Å². The van der Waals surface area contributed by atoms with Gasteiger partial charge in [0.1, 0.15) is 0 Å². The number of hydrogen-bond donors (Lipinski definition) is 0. The fourth-order valence-electron chi connectivity index (χ4n) is 3.55. The molecule has 3 aromatic rings. The summed E-state index contributed by atoms with van der Waals surface area (Å²) in [6, 6.07) is 21.6. The average molecular weight is 375 g/mol. The predicted molar refractivity (Wildman–Crippen MR) is 126 cm³/mol. The fraction of sp³-hybridized carbons (Fsp3) is 0.429. The molecule has 0 N–H and O–H groups in total. The molecule has 1 aliphatic carbocycles. The molecule has 0 spiro atoms. The molecule has 0 bridgehead atoms. The third-order valence-corrected chi connectivity index (χ3v) is 5.67. The molecule has 28 heavy (non-hydrogen) atoms. The van der Waals surface area contributed by atoms with Crippen molar-refractivity contribution in [2.45, 2.75) is 67.2 Å². The minimum absolute atomic E-state index is 1.02. The van der Waals surface area contributed by atoms with Crippen molar-refractivity contribution < 1.29 is 0 Å². The summed E-state index contributed by atoms with van der Waals surface area (Å²) in [6.45, 7) is 13.2. The summed E-state index contributed by atoms with van der Waals surface area (Å²) >= 11 is 0. The van der Waals surface area contributed by atoms with E-state index in [2.05, 4.69) is 102 Å². The lowest BCUT2D eigenvalue weighted by molar-refractivity contribution is 0.308. The van der Waals surface area contributed by atoms with Crippen molar-refractivity contribution in [3.8, 4) is 0 Å². The van der Waals surface area contributed by atoms with Crippen molar-refractivity contribution >= 4 is 10.8 Å². The highest BCUT2D eigenvalue weighted by Crippen LogP contribution is 2.27. The van der Waals surface area contributed by atoms with E-state index in [-0.39, 0.29) is 0 Å². The topological polar surface area (TPSA) is 0 Å². The van der Waals surface area contributed by atoms with Crippen molar-refractivity contribution in [1.82, 2.24) is 0 Å². The lowest BCUT2D eigenvalue weighted by Gasteiger charge is -2.22. The molecule has 0 aliphatic heterocycles. The Morgan fingerprint density at radius 1 is 0.464 bits per heavy atom. The van der Waals surface area contributed by atoms with Gasteiger partial charge in [0, 0.05) is 0 Å². The zero-order chi connectivity index (χ0) is 20.5. The molecule has 0 heterocycles. The second-order valence-corrected chi connectivity index (χ2v) is 8.87. The molecule has 1 aliphatic rings. The van der Waals surface area contributed by atoms with E-state index < -0.39 is 0 Å². The Morgan fingerprint density at radius 3 is 1.07 bits per heavy atom. The van der Waals surface area contributed by atoms with Crippen molar-refractivity contribution in [3.05, 3.63) is 82.9 Å². The molecule has 0 nitrogen and oxygen atoms in total. The van der Waals surface area contributed by atoms with Crippen LogP contribution in [0.5, 0.6) is 0 Å². The van der Waals surface area contributed by atoms with Crippen molar-refractivity contribution in [2.75, 3.05) is 0 Å². The summed E-state index contributed by atoms with van der Waals surface area (Å²) in [7, 11) is 0. The molecular weight excluding hydrogens is 336 g/mol. The second-order valence-electron chi connectivity index (χ2n) is 8.87. The first-order chi connectivity index (χ1) is 13.3. The van der Waals surface area contributed by atoms with Crippen LogP contribution in [0.2, 0.25) is 0 Å². The van der Waals surface area contributed by atoms with Crippen LogP contribution in [0.3, 0.4) is 0 Å². The normalized spacial score (nSPS) is 18.5. The summed E-state index contributed by atoms with van der Waals surface area (Å²) < 4.78 is 0. The Morgan fingerprint density at radius 2 is 0.750 bits per heavy atom. The Bertz CT molecular complexity index is 761. The van der Waals surface area contributed by atoms with Gasteiger partial charge in [-0.2, -0.15) is 0 Å². The maximum absolute atomic E-state index is 2.37. The largest absolute Gasteiger partial charge is 0.0625 e. The first-order valence-electron chi connectivity index (χ1n) is 10.8. The van der Waals surface area contributed by atoms with Crippen LogP contribution < -0.4 is 0 Å². The van der Waals surface area contributed by atoms with Crippen LogP contribution in [0.15, 0.2) is 60.7 Å². The van der Waals surface area contributed by atoms with Crippen molar-refractivity contribution in [1.29, 1.82) is 0 Å². The molecule has 1 saturated carbocycles. The Balaban J connectivity index is 0.000000156. The molecule has 0 heteroatoms. The Kier molecular flexibility index (Phi) is 8.77. The van der Waals surface area contributed by atoms with E-state index in [1.54, 1.807) is 0 Å². The summed E-state index contributed by atoms with van der Waals surface area (Å²) in [4.78, 5) is 0. The molecule has 0 aromatic heterocycles. The zero-order valence-electron chi connectivity index (χ0n) is 18.8. The molecular formula is C28H38. The van der Waals surface area contributed by atoms with Gasteiger partial charge in [-0.3, -0.25) is 0 Å². The van der Waals surface area contributed by atoms with Gasteiger partial charge in [0.25, 0.3) is 0 Å². The van der Waals surface area contributed by atoms with Crippen LogP contribution in [0.25, 0.3) is 10.8 Å². The molecule has 0 amide bonds. The smallest absolute Gasteiger partial charge is 0.0181 e. The lowest BCUT2D eigenvalue weighted by Crippen LogP contribution is -2.08. The maximum atomic E-state index is 2.37. The fourth-order valence-corrected chi connectivity index (χ4v) is 3.55. The molecule has 3 aromatic carbocycles. The van der Waals surface area contributed by atoms with Crippen LogP contribution in [0.1, 0.15) is 61.8 Å². The van der Waals surface area contributed by atoms with Gasteiger partial charge < -0.3 is 0 Å². The van der Waals surface area contributed by atoms with E-state index >= 15 is 0 Å². The van der Waals surface area contributed by atoms with E-state index in [4.69, 9.17) is 0 Å². The zero-order valence-corrected chi connectivity index (χ0v) is 18.8. The molecule has 0 atom stereocenters. The van der Waals surface area contributed by atoms with Gasteiger partial charge in [0.2, 0.25) is 0 Å². The summed E-state index contributed by atoms with van der Waals surface area (Å²) in [6.07, 6.45) is 5.89. The second kappa shape index (κ2) is 11.1. The highest BCUT2D eigenvalue weighted by Gasteiger charge is 2.13. The Hall–Kier alpha value is -2.08. The molecule has 0 unspecified atom stereocenters. The quantitative estimate of drug-likeness (QED) is 0.369. The summed E-state index contributed by atoms with van der Waals surface area (Å²) in [5.41, 5.74) is 5.31. The van der Waals surface area contributed by atoms with Crippen LogP contribution in [-0.2, 0) is 0 Å². The van der Waals surface area contributed by atoms with Gasteiger partial charge in [-0.1, -0.05) is 122 Å². The average Bonchev–Trinajstić information content (AvgIpc) is 2.68. The third kappa shape index (κ3) is 7.89. The van der Waals surface area contributed by atoms with E-state index in [1.165, 1.54) is 58.7 Å². The first-order valence-corrected chi connectivity index (χ1v) is 10.8. The van der Waals surface area contributed by atoms with Crippen LogP contribution in [0, 0.1) is 39.5 Å². The van der Waals surface area contributed by atoms with Gasteiger partial charge in [-0.25, -0.2) is 0 Å². The number of benzene rings is 3. The highest BCUT2D eigenvalue weighted by atomic mass is 14.2. The SMILES string of the molecule is CC1CCC(C)CC1.Cc1ccc(C)cc1.Cc1ccc2cc(C)ccc2c1. The van der Waals surface area contributed by atoms with E-state index in [0.717, 1.165) is 11.8 Å². The van der Waals surface area contributed by atoms with E-state index in [1.807, 2.05) is 0 Å². The van der Waals surface area contributed by atoms with Crippen molar-refractivity contribution in [2.24, 2.45) is 11.8 Å². The molecule has 150 valence electrons. The maximum Gasteiger partial charge on any atom is -0.0181 e. The monoisotopic (exact) mass is 374 g/mol. The minimum Gasteiger partial charge on any atom is -0.0625 e. The third-order valence-electron chi connectivity index (χ3n) is 5.67. The highest BCUT2D eigenvalue weighted by molar-refractivity contribution is 5.83. The number of rotatable bonds is 0. The molecule has 4 rings (SSSR count). The summed E-state index contributed by atoms with van der Waals surface area (Å²) in [5.74, 6) is 2.04. The van der Waals surface area contributed by atoms with E-state index in [9.17, 15) is 0 Å². The van der Waals surface area contributed by atoms with Crippen LogP contribution >= 0.6 is 0 Å². The predicted octanol–water partition coefficient (Wildman–Crippen LogP) is 8.59. The van der Waals surface area contributed by atoms with Crippen LogP contribution in [-0.4, -0.2) is 0 Å². The Labute approximate surface area is 173 Å². The summed E-state index contributed by atoms with van der Waals surface area (Å²) in [5, 5.41) is 2.67. The molecule has 0 radical (unpaired) electrons.